The Morgan fingerprint density at radius 1 is 1.11 bits per heavy atom. The Balaban J connectivity index is 1.97. The van der Waals surface area contributed by atoms with E-state index in [-0.39, 0.29) is 0 Å². The van der Waals surface area contributed by atoms with Crippen LogP contribution in [0.1, 0.15) is 26.1 Å². The highest BCUT2D eigenvalue weighted by Crippen LogP contribution is 2.25. The summed E-state index contributed by atoms with van der Waals surface area (Å²) in [7, 11) is 0. The van der Waals surface area contributed by atoms with Crippen LogP contribution in [0.3, 0.4) is 0 Å². The van der Waals surface area contributed by atoms with Crippen LogP contribution in [0.5, 0.6) is 16.7 Å². The highest BCUT2D eigenvalue weighted by molar-refractivity contribution is 7.07. The summed E-state index contributed by atoms with van der Waals surface area (Å²) in [6, 6.07) is 7.54. The second kappa shape index (κ2) is 6.35. The fourth-order valence-corrected chi connectivity index (χ4v) is 1.98. The standard InChI is InChI=1S/C13H16N2O2S/c1-3-9-16-10-5-7-11(8-6-10)17-13-14-12(4-2)15-18-13/h5-8H,3-4,9H2,1-2H3. The Bertz CT molecular complexity index is 482. The van der Waals surface area contributed by atoms with Gasteiger partial charge in [0.2, 0.25) is 0 Å². The van der Waals surface area contributed by atoms with E-state index >= 15 is 0 Å². The molecule has 0 aliphatic carbocycles. The van der Waals surface area contributed by atoms with Crippen molar-refractivity contribution in [3.8, 4) is 16.7 Å². The highest BCUT2D eigenvalue weighted by atomic mass is 32.1. The van der Waals surface area contributed by atoms with E-state index in [9.17, 15) is 0 Å². The van der Waals surface area contributed by atoms with Gasteiger partial charge in [0.05, 0.1) is 6.61 Å². The van der Waals surface area contributed by atoms with Crippen LogP contribution in [0.15, 0.2) is 24.3 Å². The summed E-state index contributed by atoms with van der Waals surface area (Å²) in [5, 5.41) is 0.578. The molecule has 4 nitrogen and oxygen atoms in total. The summed E-state index contributed by atoms with van der Waals surface area (Å²) in [5.74, 6) is 2.42. The molecule has 0 unspecified atom stereocenters. The molecule has 0 saturated carbocycles. The van der Waals surface area contributed by atoms with E-state index in [0.29, 0.717) is 5.19 Å². The molecule has 0 bridgehead atoms. The predicted molar refractivity (Wildman–Crippen MR) is 71.6 cm³/mol. The van der Waals surface area contributed by atoms with Gasteiger partial charge in [-0.15, -0.1) is 0 Å². The average Bonchev–Trinajstić information content (AvgIpc) is 2.86. The molecule has 1 heterocycles. The average molecular weight is 264 g/mol. The van der Waals surface area contributed by atoms with Crippen LogP contribution in [-0.4, -0.2) is 16.0 Å². The van der Waals surface area contributed by atoms with Gasteiger partial charge >= 0.3 is 0 Å². The van der Waals surface area contributed by atoms with Gasteiger partial charge in [-0.05, 0) is 30.7 Å². The lowest BCUT2D eigenvalue weighted by molar-refractivity contribution is 0.317. The van der Waals surface area contributed by atoms with Gasteiger partial charge in [0, 0.05) is 18.0 Å². The maximum atomic E-state index is 5.61. The predicted octanol–water partition coefficient (Wildman–Crippen LogP) is 3.68. The van der Waals surface area contributed by atoms with Crippen LogP contribution < -0.4 is 9.47 Å². The molecule has 96 valence electrons. The third kappa shape index (κ3) is 3.43. The molecule has 0 amide bonds. The van der Waals surface area contributed by atoms with Gasteiger partial charge in [-0.3, -0.25) is 0 Å². The Morgan fingerprint density at radius 3 is 2.44 bits per heavy atom. The third-order valence-electron chi connectivity index (χ3n) is 2.27. The van der Waals surface area contributed by atoms with Crippen molar-refractivity contribution in [2.75, 3.05) is 6.61 Å². The van der Waals surface area contributed by atoms with Gasteiger partial charge in [-0.25, -0.2) is 0 Å². The largest absolute Gasteiger partial charge is 0.494 e. The van der Waals surface area contributed by atoms with E-state index in [1.807, 2.05) is 31.2 Å². The highest BCUT2D eigenvalue weighted by Gasteiger charge is 2.04. The smallest absolute Gasteiger partial charge is 0.298 e. The van der Waals surface area contributed by atoms with Crippen LogP contribution in [0.25, 0.3) is 0 Å². The number of hydrogen-bond donors (Lipinski definition) is 0. The Morgan fingerprint density at radius 2 is 1.83 bits per heavy atom. The Kier molecular flexibility index (Phi) is 4.52. The van der Waals surface area contributed by atoms with Crippen LogP contribution in [0.4, 0.5) is 0 Å². The van der Waals surface area contributed by atoms with Crippen LogP contribution in [0, 0.1) is 0 Å². The zero-order valence-electron chi connectivity index (χ0n) is 10.5. The van der Waals surface area contributed by atoms with Crippen molar-refractivity contribution in [1.82, 2.24) is 9.36 Å². The minimum atomic E-state index is 0.578. The molecule has 0 aliphatic rings. The number of aromatic nitrogens is 2. The first kappa shape index (κ1) is 12.8. The Labute approximate surface area is 111 Å². The minimum Gasteiger partial charge on any atom is -0.494 e. The molecule has 18 heavy (non-hydrogen) atoms. The molecule has 0 aliphatic heterocycles. The first-order chi connectivity index (χ1) is 8.81. The molecule has 0 radical (unpaired) electrons. The van der Waals surface area contributed by atoms with Crippen LogP contribution in [0.2, 0.25) is 0 Å². The van der Waals surface area contributed by atoms with Crippen molar-refractivity contribution in [3.63, 3.8) is 0 Å². The van der Waals surface area contributed by atoms with Crippen molar-refractivity contribution in [2.24, 2.45) is 0 Å². The summed E-state index contributed by atoms with van der Waals surface area (Å²) in [6.45, 7) is 4.83. The topological polar surface area (TPSA) is 44.2 Å². The summed E-state index contributed by atoms with van der Waals surface area (Å²) in [6.07, 6.45) is 1.83. The van der Waals surface area contributed by atoms with Crippen molar-refractivity contribution < 1.29 is 9.47 Å². The zero-order valence-corrected chi connectivity index (χ0v) is 11.4. The molecular weight excluding hydrogens is 248 g/mol. The van der Waals surface area contributed by atoms with Gasteiger partial charge in [0.1, 0.15) is 17.3 Å². The molecule has 2 aromatic rings. The van der Waals surface area contributed by atoms with E-state index in [2.05, 4.69) is 16.3 Å². The van der Waals surface area contributed by atoms with Gasteiger partial charge < -0.3 is 9.47 Å². The number of aryl methyl sites for hydroxylation is 1. The Hall–Kier alpha value is -1.62. The number of ether oxygens (including phenoxy) is 2. The molecule has 2 rings (SSSR count). The SMILES string of the molecule is CCCOc1ccc(Oc2nc(CC)ns2)cc1. The number of nitrogens with zero attached hydrogens (tertiary/aromatic N) is 2. The second-order valence-electron chi connectivity index (χ2n) is 3.75. The lowest BCUT2D eigenvalue weighted by Crippen LogP contribution is -1.94. The summed E-state index contributed by atoms with van der Waals surface area (Å²) in [4.78, 5) is 4.25. The van der Waals surface area contributed by atoms with Gasteiger partial charge in [0.25, 0.3) is 5.19 Å². The monoisotopic (exact) mass is 264 g/mol. The van der Waals surface area contributed by atoms with E-state index in [0.717, 1.165) is 36.8 Å². The zero-order chi connectivity index (χ0) is 12.8. The number of rotatable bonds is 6. The number of benzene rings is 1. The minimum absolute atomic E-state index is 0.578. The molecule has 0 fully saturated rings. The van der Waals surface area contributed by atoms with E-state index < -0.39 is 0 Å². The fraction of sp³-hybridized carbons (Fsp3) is 0.385. The number of hydrogen-bond acceptors (Lipinski definition) is 5. The first-order valence-electron chi connectivity index (χ1n) is 6.05. The lowest BCUT2D eigenvalue weighted by atomic mass is 10.3. The van der Waals surface area contributed by atoms with Crippen molar-refractivity contribution in [3.05, 3.63) is 30.1 Å². The van der Waals surface area contributed by atoms with Gasteiger partial charge in [-0.2, -0.15) is 9.36 Å². The maximum Gasteiger partial charge on any atom is 0.298 e. The third-order valence-corrected chi connectivity index (χ3v) is 2.90. The van der Waals surface area contributed by atoms with E-state index in [1.165, 1.54) is 11.5 Å². The van der Waals surface area contributed by atoms with Crippen LogP contribution in [-0.2, 0) is 6.42 Å². The maximum absolute atomic E-state index is 5.61. The van der Waals surface area contributed by atoms with Crippen LogP contribution >= 0.6 is 11.5 Å². The van der Waals surface area contributed by atoms with Gasteiger partial charge in [-0.1, -0.05) is 13.8 Å². The van der Waals surface area contributed by atoms with Crippen molar-refractivity contribution in [1.29, 1.82) is 0 Å². The second-order valence-corrected chi connectivity index (χ2v) is 4.47. The van der Waals surface area contributed by atoms with Crippen molar-refractivity contribution >= 4 is 11.5 Å². The summed E-state index contributed by atoms with van der Waals surface area (Å²) >= 11 is 1.27. The quantitative estimate of drug-likeness (QED) is 0.798. The molecule has 0 spiro atoms. The molecule has 1 aromatic heterocycles. The van der Waals surface area contributed by atoms with Crippen molar-refractivity contribution in [2.45, 2.75) is 26.7 Å². The first-order valence-corrected chi connectivity index (χ1v) is 6.82. The lowest BCUT2D eigenvalue weighted by Gasteiger charge is -2.05. The summed E-state index contributed by atoms with van der Waals surface area (Å²) in [5.41, 5.74) is 0. The van der Waals surface area contributed by atoms with Gasteiger partial charge in [0.15, 0.2) is 0 Å². The fourth-order valence-electron chi connectivity index (χ4n) is 1.35. The molecule has 0 N–H and O–H groups in total. The molecule has 5 heteroatoms. The molecule has 0 saturated heterocycles. The molecular formula is C13H16N2O2S. The molecule has 1 aromatic carbocycles. The summed E-state index contributed by atoms with van der Waals surface area (Å²) < 4.78 is 15.3. The van der Waals surface area contributed by atoms with E-state index in [4.69, 9.17) is 9.47 Å². The molecule has 0 atom stereocenters. The normalized spacial score (nSPS) is 10.3. The van der Waals surface area contributed by atoms with E-state index in [1.54, 1.807) is 0 Å².